The number of aromatic hydroxyl groups is 1. The molecule has 0 radical (unpaired) electrons. The van der Waals surface area contributed by atoms with E-state index in [9.17, 15) is 18.3 Å². The third-order valence-electron chi connectivity index (χ3n) is 5.27. The van der Waals surface area contributed by atoms with Gasteiger partial charge in [0, 0.05) is 17.5 Å². The van der Waals surface area contributed by atoms with E-state index in [1.54, 1.807) is 60.7 Å². The average molecular weight is 447 g/mol. The van der Waals surface area contributed by atoms with Crippen molar-refractivity contribution in [1.29, 1.82) is 0 Å². The third-order valence-corrected chi connectivity index (χ3v) is 6.60. The highest BCUT2D eigenvalue weighted by Gasteiger charge is 2.29. The molecule has 1 N–H and O–H groups in total. The first-order chi connectivity index (χ1) is 15.2. The van der Waals surface area contributed by atoms with Crippen molar-refractivity contribution >= 4 is 32.9 Å². The standard InChI is InChI=1S/C25H22N2O4S/c1-16(2)17-7-13-20(14-8-17)32(30,31)27-23-15-24(26-18-9-11-19(28)12-10-18)25(29)22-6-4-3-5-21(22)23/h3-14,16,28H,15H2,1-2H3/b26-24?,27-23-. The van der Waals surface area contributed by atoms with Crippen LogP contribution in [-0.2, 0) is 10.0 Å². The van der Waals surface area contributed by atoms with Crippen molar-refractivity contribution in [2.24, 2.45) is 9.39 Å². The molecule has 0 aromatic heterocycles. The Morgan fingerprint density at radius 1 is 0.844 bits per heavy atom. The maximum absolute atomic E-state index is 13.0. The maximum Gasteiger partial charge on any atom is 0.282 e. The van der Waals surface area contributed by atoms with Gasteiger partial charge in [0.25, 0.3) is 10.0 Å². The van der Waals surface area contributed by atoms with Crippen LogP contribution in [0.4, 0.5) is 5.69 Å². The van der Waals surface area contributed by atoms with E-state index in [0.29, 0.717) is 16.8 Å². The smallest absolute Gasteiger partial charge is 0.282 e. The first-order valence-corrected chi connectivity index (χ1v) is 11.6. The highest BCUT2D eigenvalue weighted by molar-refractivity contribution is 7.90. The molecule has 0 saturated heterocycles. The lowest BCUT2D eigenvalue weighted by Gasteiger charge is -2.18. The zero-order valence-electron chi connectivity index (χ0n) is 17.7. The van der Waals surface area contributed by atoms with E-state index in [-0.39, 0.29) is 40.2 Å². The van der Waals surface area contributed by atoms with Crippen LogP contribution in [0.2, 0.25) is 0 Å². The summed E-state index contributed by atoms with van der Waals surface area (Å²) in [6.07, 6.45) is -0.0139. The zero-order valence-corrected chi connectivity index (χ0v) is 18.5. The summed E-state index contributed by atoms with van der Waals surface area (Å²) in [4.78, 5) is 17.5. The van der Waals surface area contributed by atoms with E-state index in [0.717, 1.165) is 5.56 Å². The van der Waals surface area contributed by atoms with E-state index in [2.05, 4.69) is 9.39 Å². The Bertz CT molecular complexity index is 1340. The number of hydrogen-bond donors (Lipinski definition) is 1. The molecule has 0 spiro atoms. The number of hydrogen-bond acceptors (Lipinski definition) is 5. The van der Waals surface area contributed by atoms with Crippen molar-refractivity contribution in [2.45, 2.75) is 31.1 Å². The summed E-state index contributed by atoms with van der Waals surface area (Å²) in [5, 5.41) is 9.47. The predicted molar refractivity (Wildman–Crippen MR) is 125 cm³/mol. The van der Waals surface area contributed by atoms with Crippen molar-refractivity contribution in [2.75, 3.05) is 0 Å². The quantitative estimate of drug-likeness (QED) is 0.606. The summed E-state index contributed by atoms with van der Waals surface area (Å²) in [5.74, 6) is 0.102. The van der Waals surface area contributed by atoms with E-state index in [1.165, 1.54) is 12.1 Å². The van der Waals surface area contributed by atoms with Crippen molar-refractivity contribution in [1.82, 2.24) is 0 Å². The third kappa shape index (κ3) is 4.38. The summed E-state index contributed by atoms with van der Waals surface area (Å²) in [6.45, 7) is 4.07. The number of ketones is 1. The molecule has 0 fully saturated rings. The lowest BCUT2D eigenvalue weighted by atomic mass is 9.87. The van der Waals surface area contributed by atoms with Crippen LogP contribution in [0.25, 0.3) is 0 Å². The molecular formula is C25H22N2O4S. The minimum atomic E-state index is -3.98. The molecule has 0 bridgehead atoms. The Morgan fingerprint density at radius 3 is 2.09 bits per heavy atom. The lowest BCUT2D eigenvalue weighted by molar-refractivity contribution is 0.106. The Kier molecular flexibility index (Phi) is 5.76. The summed E-state index contributed by atoms with van der Waals surface area (Å²) in [5.41, 5.74) is 2.83. The van der Waals surface area contributed by atoms with Crippen LogP contribution < -0.4 is 0 Å². The van der Waals surface area contributed by atoms with Crippen LogP contribution >= 0.6 is 0 Å². The molecule has 7 heteroatoms. The number of nitrogens with zero attached hydrogens (tertiary/aromatic N) is 2. The largest absolute Gasteiger partial charge is 0.508 e. The van der Waals surface area contributed by atoms with Gasteiger partial charge in [-0.25, -0.2) is 4.99 Å². The number of fused-ring (bicyclic) bond motifs is 1. The Balaban J connectivity index is 1.78. The van der Waals surface area contributed by atoms with Crippen LogP contribution in [-0.4, -0.2) is 30.7 Å². The maximum atomic E-state index is 13.0. The molecule has 0 saturated carbocycles. The summed E-state index contributed by atoms with van der Waals surface area (Å²) in [7, 11) is -3.98. The van der Waals surface area contributed by atoms with Crippen LogP contribution in [0.5, 0.6) is 5.75 Å². The van der Waals surface area contributed by atoms with Crippen molar-refractivity contribution in [3.63, 3.8) is 0 Å². The molecule has 0 atom stereocenters. The van der Waals surface area contributed by atoms with Gasteiger partial charge in [0.1, 0.15) is 5.75 Å². The Morgan fingerprint density at radius 2 is 1.47 bits per heavy atom. The zero-order chi connectivity index (χ0) is 22.9. The minimum absolute atomic E-state index is 0.0139. The highest BCUT2D eigenvalue weighted by atomic mass is 32.2. The van der Waals surface area contributed by atoms with Gasteiger partial charge in [-0.1, -0.05) is 50.2 Å². The van der Waals surface area contributed by atoms with Crippen LogP contribution in [0.3, 0.4) is 0 Å². The van der Waals surface area contributed by atoms with Crippen molar-refractivity contribution in [3.8, 4) is 5.75 Å². The topological polar surface area (TPSA) is 96.2 Å². The van der Waals surface area contributed by atoms with Gasteiger partial charge < -0.3 is 5.11 Å². The summed E-state index contributed by atoms with van der Waals surface area (Å²) >= 11 is 0. The normalized spacial score (nSPS) is 16.5. The van der Waals surface area contributed by atoms with Crippen LogP contribution in [0, 0.1) is 0 Å². The van der Waals surface area contributed by atoms with Gasteiger partial charge in [-0.3, -0.25) is 4.79 Å². The second-order valence-electron chi connectivity index (χ2n) is 7.86. The average Bonchev–Trinajstić information content (AvgIpc) is 2.78. The van der Waals surface area contributed by atoms with E-state index < -0.39 is 10.0 Å². The summed E-state index contributed by atoms with van der Waals surface area (Å²) < 4.78 is 30.2. The first-order valence-electron chi connectivity index (χ1n) is 10.2. The minimum Gasteiger partial charge on any atom is -0.508 e. The summed E-state index contributed by atoms with van der Waals surface area (Å²) in [6, 6.07) is 19.6. The van der Waals surface area contributed by atoms with Gasteiger partial charge in [0.05, 0.1) is 22.0 Å². The molecule has 6 nitrogen and oxygen atoms in total. The molecule has 3 aromatic rings. The number of phenolic OH excluding ortho intramolecular Hbond substituents is 1. The number of carbonyl (C=O) groups excluding carboxylic acids is 1. The fourth-order valence-corrected chi connectivity index (χ4v) is 4.54. The molecule has 0 amide bonds. The predicted octanol–water partition coefficient (Wildman–Crippen LogP) is 5.05. The Labute approximate surface area is 187 Å². The van der Waals surface area contributed by atoms with E-state index >= 15 is 0 Å². The number of sulfonamides is 1. The molecule has 3 aromatic carbocycles. The van der Waals surface area contributed by atoms with Crippen molar-refractivity contribution in [3.05, 3.63) is 89.5 Å². The molecule has 1 aliphatic rings. The number of phenols is 1. The fraction of sp³-hybridized carbons (Fsp3) is 0.160. The Hall–Kier alpha value is -3.58. The molecule has 4 rings (SSSR count). The van der Waals surface area contributed by atoms with Gasteiger partial charge in [-0.05, 0) is 47.9 Å². The molecule has 1 aliphatic carbocycles. The van der Waals surface area contributed by atoms with Gasteiger partial charge in [-0.2, -0.15) is 12.8 Å². The van der Waals surface area contributed by atoms with Gasteiger partial charge >= 0.3 is 0 Å². The second kappa shape index (κ2) is 8.51. The molecule has 32 heavy (non-hydrogen) atoms. The second-order valence-corrected chi connectivity index (χ2v) is 9.47. The highest BCUT2D eigenvalue weighted by Crippen LogP contribution is 2.26. The number of carbonyl (C=O) groups is 1. The number of rotatable bonds is 4. The van der Waals surface area contributed by atoms with E-state index in [1.807, 2.05) is 13.8 Å². The molecule has 0 unspecified atom stereocenters. The van der Waals surface area contributed by atoms with Crippen LogP contribution in [0.1, 0.15) is 47.7 Å². The van der Waals surface area contributed by atoms with Crippen LogP contribution in [0.15, 0.2) is 87.1 Å². The number of benzene rings is 3. The van der Waals surface area contributed by atoms with Gasteiger partial charge in [0.2, 0.25) is 5.78 Å². The van der Waals surface area contributed by atoms with Gasteiger partial charge in [0.15, 0.2) is 0 Å². The number of aliphatic imine (C=N–C) groups is 1. The van der Waals surface area contributed by atoms with E-state index in [4.69, 9.17) is 0 Å². The monoisotopic (exact) mass is 446 g/mol. The lowest BCUT2D eigenvalue weighted by Crippen LogP contribution is -2.28. The molecule has 0 heterocycles. The first kappa shape index (κ1) is 21.6. The fourth-order valence-electron chi connectivity index (χ4n) is 3.50. The molecule has 0 aliphatic heterocycles. The number of Topliss-reactive ketones (excluding diaryl/α,β-unsaturated/α-hetero) is 1. The molecular weight excluding hydrogens is 424 g/mol. The SMILES string of the molecule is CC(C)c1ccc(S(=O)(=O)/N=C2/CC(=Nc3ccc(O)cc3)C(=O)c3ccccc32)cc1. The molecule has 162 valence electrons. The van der Waals surface area contributed by atoms with Gasteiger partial charge in [-0.15, -0.1) is 0 Å². The van der Waals surface area contributed by atoms with Crippen molar-refractivity contribution < 1.29 is 18.3 Å².